The number of aliphatic imine (C=N–C) groups is 1. The highest BCUT2D eigenvalue weighted by Gasteiger charge is 2.11. The molecule has 0 atom stereocenters. The predicted octanol–water partition coefficient (Wildman–Crippen LogP) is -0.0635. The molecule has 0 aliphatic carbocycles. The quantitative estimate of drug-likeness (QED) is 0.431. The van der Waals surface area contributed by atoms with Gasteiger partial charge in [-0.25, -0.2) is 4.99 Å². The van der Waals surface area contributed by atoms with E-state index < -0.39 is 0 Å². The van der Waals surface area contributed by atoms with E-state index in [0.717, 1.165) is 13.0 Å². The molecule has 1 aromatic rings. The van der Waals surface area contributed by atoms with Crippen molar-refractivity contribution in [3.63, 3.8) is 0 Å². The van der Waals surface area contributed by atoms with Gasteiger partial charge >= 0.3 is 0 Å². The fraction of sp³-hybridized carbons (Fsp3) is 0.538. The number of nitrogens with one attached hydrogen (secondary N) is 2. The highest BCUT2D eigenvalue weighted by Crippen LogP contribution is 1.99. The third-order valence-electron chi connectivity index (χ3n) is 2.34. The Labute approximate surface area is 113 Å². The lowest BCUT2D eigenvalue weighted by Gasteiger charge is -2.09. The van der Waals surface area contributed by atoms with E-state index in [1.807, 2.05) is 6.92 Å². The molecule has 1 rings (SSSR count). The molecule has 0 spiro atoms. The summed E-state index contributed by atoms with van der Waals surface area (Å²) in [4.78, 5) is 17.4. The summed E-state index contributed by atoms with van der Waals surface area (Å²) in [5.41, 5.74) is 0. The first-order valence-corrected chi connectivity index (χ1v) is 6.44. The average Bonchev–Trinajstić information content (AvgIpc) is 2.88. The number of amidine groups is 1. The minimum absolute atomic E-state index is 0.241. The lowest BCUT2D eigenvalue weighted by atomic mass is 10.4. The van der Waals surface area contributed by atoms with Gasteiger partial charge in [0.2, 0.25) is 0 Å². The number of hydrogen-bond acceptors (Lipinski definition) is 4. The predicted molar refractivity (Wildman–Crippen MR) is 72.4 cm³/mol. The Kier molecular flexibility index (Phi) is 6.67. The van der Waals surface area contributed by atoms with E-state index in [1.165, 1.54) is 11.2 Å². The number of carbonyl (C=O) groups is 1. The summed E-state index contributed by atoms with van der Waals surface area (Å²) >= 11 is 0. The molecule has 0 aliphatic heterocycles. The second-order valence-corrected chi connectivity index (χ2v) is 4.36. The van der Waals surface area contributed by atoms with Gasteiger partial charge in [-0.1, -0.05) is 0 Å². The van der Waals surface area contributed by atoms with Gasteiger partial charge in [-0.15, -0.1) is 0 Å². The van der Waals surface area contributed by atoms with Gasteiger partial charge in [0.05, 0.1) is 33.5 Å². The molecule has 106 valence electrons. The summed E-state index contributed by atoms with van der Waals surface area (Å²) in [6.45, 7) is 3.95. The lowest BCUT2D eigenvalue weighted by Crippen LogP contribution is -3.05. The standard InChI is InChI=1S/C13H21N3O3/c1-4-18-13(14-8-6-9-16(2)3)15-12(17)11-7-5-10-19-11/h5,7,10H,4,6,8-9H2,1-3H3,(H,14,15,17)/p+1. The molecule has 1 aromatic heterocycles. The molecule has 0 saturated heterocycles. The molecule has 0 unspecified atom stereocenters. The number of quaternary nitrogens is 1. The van der Waals surface area contributed by atoms with Gasteiger partial charge in [-0.05, 0) is 19.1 Å². The maximum Gasteiger partial charge on any atom is 0.294 e. The van der Waals surface area contributed by atoms with E-state index >= 15 is 0 Å². The maximum atomic E-state index is 11.8. The molecule has 0 bridgehead atoms. The fourth-order valence-corrected chi connectivity index (χ4v) is 1.44. The minimum Gasteiger partial charge on any atom is -0.465 e. The van der Waals surface area contributed by atoms with Gasteiger partial charge in [0, 0.05) is 13.0 Å². The first-order valence-electron chi connectivity index (χ1n) is 6.44. The van der Waals surface area contributed by atoms with Crippen LogP contribution in [0.15, 0.2) is 27.8 Å². The van der Waals surface area contributed by atoms with Crippen LogP contribution in [0.25, 0.3) is 0 Å². The van der Waals surface area contributed by atoms with Crippen LogP contribution in [0.3, 0.4) is 0 Å². The number of ether oxygens (including phenoxy) is 1. The van der Waals surface area contributed by atoms with Crippen LogP contribution in [0.1, 0.15) is 23.9 Å². The van der Waals surface area contributed by atoms with Gasteiger partial charge in [0.25, 0.3) is 11.9 Å². The molecule has 1 amide bonds. The summed E-state index contributed by atoms with van der Waals surface area (Å²) in [7, 11) is 4.18. The summed E-state index contributed by atoms with van der Waals surface area (Å²) in [5, 5.41) is 2.60. The largest absolute Gasteiger partial charge is 0.465 e. The molecule has 0 aromatic carbocycles. The van der Waals surface area contributed by atoms with Crippen molar-refractivity contribution in [3.05, 3.63) is 24.2 Å². The first-order chi connectivity index (χ1) is 9.13. The van der Waals surface area contributed by atoms with E-state index in [-0.39, 0.29) is 17.7 Å². The highest BCUT2D eigenvalue weighted by atomic mass is 16.5. The third-order valence-corrected chi connectivity index (χ3v) is 2.34. The summed E-state index contributed by atoms with van der Waals surface area (Å²) < 4.78 is 10.3. The van der Waals surface area contributed by atoms with Gasteiger partial charge < -0.3 is 14.1 Å². The topological polar surface area (TPSA) is 68.3 Å². The van der Waals surface area contributed by atoms with Crippen LogP contribution in [0.5, 0.6) is 0 Å². The zero-order valence-electron chi connectivity index (χ0n) is 11.7. The van der Waals surface area contributed by atoms with Gasteiger partial charge in [0.1, 0.15) is 0 Å². The van der Waals surface area contributed by atoms with Crippen molar-refractivity contribution in [1.29, 1.82) is 0 Å². The van der Waals surface area contributed by atoms with Gasteiger partial charge in [0.15, 0.2) is 5.76 Å². The Morgan fingerprint density at radius 3 is 2.89 bits per heavy atom. The van der Waals surface area contributed by atoms with E-state index in [0.29, 0.717) is 13.2 Å². The Morgan fingerprint density at radius 2 is 2.32 bits per heavy atom. The molecular formula is C13H22N3O3+. The Balaban J connectivity index is 2.47. The molecule has 0 fully saturated rings. The van der Waals surface area contributed by atoms with Crippen LogP contribution in [0.2, 0.25) is 0 Å². The molecule has 2 N–H and O–H groups in total. The highest BCUT2D eigenvalue weighted by molar-refractivity contribution is 6.02. The smallest absolute Gasteiger partial charge is 0.294 e. The van der Waals surface area contributed by atoms with E-state index in [9.17, 15) is 4.79 Å². The number of nitrogens with zero attached hydrogens (tertiary/aromatic N) is 1. The molecule has 6 heteroatoms. The number of rotatable bonds is 6. The molecule has 0 aliphatic rings. The van der Waals surface area contributed by atoms with Gasteiger partial charge in [-0.2, -0.15) is 0 Å². The summed E-state index contributed by atoms with van der Waals surface area (Å²) in [6.07, 6.45) is 2.39. The number of amides is 1. The van der Waals surface area contributed by atoms with E-state index in [1.54, 1.807) is 12.1 Å². The van der Waals surface area contributed by atoms with Crippen molar-refractivity contribution in [2.45, 2.75) is 13.3 Å². The molecule has 0 saturated carbocycles. The molecule has 1 heterocycles. The Bertz CT molecular complexity index is 399. The zero-order valence-corrected chi connectivity index (χ0v) is 11.7. The lowest BCUT2D eigenvalue weighted by molar-refractivity contribution is -0.858. The van der Waals surface area contributed by atoms with Crippen LogP contribution in [0, 0.1) is 0 Å². The monoisotopic (exact) mass is 268 g/mol. The second-order valence-electron chi connectivity index (χ2n) is 4.36. The first kappa shape index (κ1) is 15.2. The summed E-state index contributed by atoms with van der Waals surface area (Å²) in [5.74, 6) is -0.111. The van der Waals surface area contributed by atoms with Crippen LogP contribution in [-0.4, -0.2) is 45.7 Å². The van der Waals surface area contributed by atoms with Gasteiger partial charge in [-0.3, -0.25) is 10.1 Å². The van der Waals surface area contributed by atoms with Crippen molar-refractivity contribution >= 4 is 11.9 Å². The van der Waals surface area contributed by atoms with Crippen molar-refractivity contribution in [3.8, 4) is 0 Å². The van der Waals surface area contributed by atoms with Crippen molar-refractivity contribution < 1.29 is 18.8 Å². The Morgan fingerprint density at radius 1 is 1.53 bits per heavy atom. The fourth-order valence-electron chi connectivity index (χ4n) is 1.44. The number of hydrogen-bond donors (Lipinski definition) is 2. The number of carbonyl (C=O) groups excluding carboxylic acids is 1. The molecule has 0 radical (unpaired) electrons. The Hall–Kier alpha value is -1.82. The molecule has 6 nitrogen and oxygen atoms in total. The second kappa shape index (κ2) is 8.31. The van der Waals surface area contributed by atoms with Crippen molar-refractivity contribution in [2.75, 3.05) is 33.8 Å². The molecule has 19 heavy (non-hydrogen) atoms. The van der Waals surface area contributed by atoms with E-state index in [2.05, 4.69) is 24.4 Å². The minimum atomic E-state index is -0.351. The van der Waals surface area contributed by atoms with Crippen LogP contribution in [0.4, 0.5) is 0 Å². The number of furan rings is 1. The third kappa shape index (κ3) is 6.05. The SMILES string of the molecule is CCOC(=NCCC[NH+](C)C)NC(=O)c1ccco1. The van der Waals surface area contributed by atoms with E-state index in [4.69, 9.17) is 9.15 Å². The van der Waals surface area contributed by atoms with Crippen LogP contribution < -0.4 is 10.2 Å². The average molecular weight is 268 g/mol. The van der Waals surface area contributed by atoms with Crippen LogP contribution >= 0.6 is 0 Å². The zero-order chi connectivity index (χ0) is 14.1. The van der Waals surface area contributed by atoms with Crippen LogP contribution in [-0.2, 0) is 4.74 Å². The summed E-state index contributed by atoms with van der Waals surface area (Å²) in [6, 6.07) is 3.50. The maximum absolute atomic E-state index is 11.8. The van der Waals surface area contributed by atoms with Crippen molar-refractivity contribution in [1.82, 2.24) is 5.32 Å². The molecular weight excluding hydrogens is 246 g/mol. The normalized spacial score (nSPS) is 11.7. The van der Waals surface area contributed by atoms with Crippen molar-refractivity contribution in [2.24, 2.45) is 4.99 Å².